The van der Waals surface area contributed by atoms with Crippen LogP contribution in [0, 0.1) is 11.6 Å². The molecular weight excluding hydrogens is 530 g/mol. The van der Waals surface area contributed by atoms with Gasteiger partial charge in [0.15, 0.2) is 10.1 Å². The first-order valence-electron chi connectivity index (χ1n) is 6.56. The van der Waals surface area contributed by atoms with Crippen LogP contribution in [0.25, 0.3) is 0 Å². The van der Waals surface area contributed by atoms with Crippen molar-refractivity contribution in [1.29, 1.82) is 0 Å². The van der Waals surface area contributed by atoms with E-state index in [-0.39, 0.29) is 18.9 Å². The number of benzene rings is 1. The fourth-order valence-electron chi connectivity index (χ4n) is 1.76. The predicted molar refractivity (Wildman–Crippen MR) is 68.0 cm³/mol. The van der Waals surface area contributed by atoms with Gasteiger partial charge in [0.05, 0.1) is 5.56 Å². The van der Waals surface area contributed by atoms with E-state index in [1.165, 1.54) is 0 Å². The zero-order chi connectivity index (χ0) is 25.2. The monoisotopic (exact) mass is 532 g/mol. The largest absolute Gasteiger partial charge is 1.00 e. The summed E-state index contributed by atoms with van der Waals surface area (Å²) in [5, 5.41) is -14.1. The van der Waals surface area contributed by atoms with E-state index in [1.807, 2.05) is 0 Å². The topological polar surface area (TPSA) is 91.3 Å². The van der Waals surface area contributed by atoms with Gasteiger partial charge in [-0.3, -0.25) is 0 Å². The zero-order valence-electron chi connectivity index (χ0n) is 14.4. The maximum atomic E-state index is 13.7. The number of hydrogen-bond donors (Lipinski definition) is 0. The molecule has 0 N–H and O–H groups in total. The van der Waals surface area contributed by atoms with Gasteiger partial charge in [-0.2, -0.15) is 48.3 Å². The summed E-state index contributed by atoms with van der Waals surface area (Å²) in [5.74, 6) is -20.2. The van der Waals surface area contributed by atoms with Gasteiger partial charge in [-0.25, -0.2) is 25.6 Å². The van der Waals surface area contributed by atoms with Gasteiger partial charge in [0.1, 0.15) is 16.5 Å². The SMILES string of the molecule is O=S(=O)([O-])C(F)(F)C(F)(F)S(=O)(=O)c1cc(F)c(C(F)(F)C(F)(F)C(F)(F)F)cc1F.[Li+]. The molecule has 5 nitrogen and oxygen atoms in total. The average molecular weight is 532 g/mol. The first-order valence-corrected chi connectivity index (χ1v) is 9.45. The van der Waals surface area contributed by atoms with Crippen LogP contribution in [-0.2, 0) is 25.9 Å². The molecule has 180 valence electrons. The van der Waals surface area contributed by atoms with E-state index in [0.717, 1.165) is 0 Å². The Balaban J connectivity index is 0.00000961. The second-order valence-corrected chi connectivity index (χ2v) is 8.78. The summed E-state index contributed by atoms with van der Waals surface area (Å²) in [6.45, 7) is 0. The summed E-state index contributed by atoms with van der Waals surface area (Å²) in [7, 11) is -15.0. The first kappa shape index (κ1) is 30.8. The molecule has 21 heteroatoms. The van der Waals surface area contributed by atoms with Gasteiger partial charge in [-0.15, -0.1) is 0 Å². The molecule has 0 saturated carbocycles. The molecule has 32 heavy (non-hydrogen) atoms. The van der Waals surface area contributed by atoms with E-state index in [2.05, 4.69) is 0 Å². The van der Waals surface area contributed by atoms with Crippen molar-refractivity contribution in [1.82, 2.24) is 0 Å². The Bertz CT molecular complexity index is 1100. The van der Waals surface area contributed by atoms with Crippen LogP contribution >= 0.6 is 0 Å². The quantitative estimate of drug-likeness (QED) is 0.307. The van der Waals surface area contributed by atoms with Crippen LogP contribution < -0.4 is 18.9 Å². The van der Waals surface area contributed by atoms with Crippen LogP contribution in [0.1, 0.15) is 5.56 Å². The van der Waals surface area contributed by atoms with E-state index >= 15 is 0 Å². The number of halogens is 13. The fourth-order valence-corrected chi connectivity index (χ4v) is 3.85. The Labute approximate surface area is 180 Å². The molecule has 0 unspecified atom stereocenters. The second kappa shape index (κ2) is 8.21. The van der Waals surface area contributed by atoms with Crippen LogP contribution in [0.15, 0.2) is 17.0 Å². The smallest absolute Gasteiger partial charge is 0.743 e. The molecule has 0 amide bonds. The normalized spacial score (nSPS) is 14.8. The van der Waals surface area contributed by atoms with Crippen molar-refractivity contribution in [3.8, 4) is 0 Å². The Morgan fingerprint density at radius 1 is 0.688 bits per heavy atom. The van der Waals surface area contributed by atoms with Crippen molar-refractivity contribution in [2.75, 3.05) is 0 Å². The molecule has 0 saturated heterocycles. The minimum atomic E-state index is -7.51. The van der Waals surface area contributed by atoms with Gasteiger partial charge in [-0.05, 0) is 12.1 Å². The van der Waals surface area contributed by atoms with Crippen LogP contribution in [0.5, 0.6) is 0 Å². The van der Waals surface area contributed by atoms with E-state index in [4.69, 9.17) is 0 Å². The maximum absolute atomic E-state index is 13.7. The van der Waals surface area contributed by atoms with E-state index < -0.39 is 82.7 Å². The molecule has 0 aliphatic heterocycles. The van der Waals surface area contributed by atoms with Gasteiger partial charge < -0.3 is 4.55 Å². The van der Waals surface area contributed by atoms with Crippen LogP contribution in [-0.4, -0.2) is 44.0 Å². The second-order valence-electron chi connectivity index (χ2n) is 5.40. The Hall–Kier alpha value is -1.23. The summed E-state index contributed by atoms with van der Waals surface area (Å²) in [6, 6.07) is -2.84. The molecule has 0 spiro atoms. The number of hydrogen-bond acceptors (Lipinski definition) is 5. The number of rotatable bonds is 6. The summed E-state index contributed by atoms with van der Waals surface area (Å²) in [5.41, 5.74) is -3.22. The van der Waals surface area contributed by atoms with Crippen molar-refractivity contribution in [3.05, 3.63) is 29.3 Å². The van der Waals surface area contributed by atoms with Gasteiger partial charge in [-0.1, -0.05) is 0 Å². The van der Waals surface area contributed by atoms with Gasteiger partial charge >= 0.3 is 47.4 Å². The number of alkyl halides is 11. The summed E-state index contributed by atoms with van der Waals surface area (Å²) in [6.07, 6.45) is -7.10. The summed E-state index contributed by atoms with van der Waals surface area (Å²) >= 11 is 0. The molecule has 1 aromatic carbocycles. The molecule has 0 atom stereocenters. The van der Waals surface area contributed by atoms with Crippen molar-refractivity contribution in [2.24, 2.45) is 0 Å². The van der Waals surface area contributed by atoms with Gasteiger partial charge in [0.2, 0.25) is 0 Å². The van der Waals surface area contributed by atoms with E-state index in [9.17, 15) is 78.5 Å². The van der Waals surface area contributed by atoms with Crippen molar-refractivity contribution in [3.63, 3.8) is 0 Å². The van der Waals surface area contributed by atoms with Crippen LogP contribution in [0.4, 0.5) is 57.1 Å². The molecule has 0 fully saturated rings. The van der Waals surface area contributed by atoms with Crippen molar-refractivity contribution >= 4 is 20.0 Å². The number of sulfone groups is 1. The molecule has 0 radical (unpaired) electrons. The molecule has 0 aliphatic carbocycles. The van der Waals surface area contributed by atoms with Gasteiger partial charge in [0.25, 0.3) is 9.84 Å². The Kier molecular flexibility index (Phi) is 7.90. The molecule has 0 bridgehead atoms. The Morgan fingerprint density at radius 3 is 1.44 bits per heavy atom. The summed E-state index contributed by atoms with van der Waals surface area (Å²) < 4.78 is 223. The Morgan fingerprint density at radius 2 is 1.09 bits per heavy atom. The van der Waals surface area contributed by atoms with Gasteiger partial charge in [0, 0.05) is 0 Å². The van der Waals surface area contributed by atoms with E-state index in [0.29, 0.717) is 0 Å². The average Bonchev–Trinajstić information content (AvgIpc) is 2.53. The van der Waals surface area contributed by atoms with Crippen LogP contribution in [0.3, 0.4) is 0 Å². The third-order valence-electron chi connectivity index (χ3n) is 3.39. The predicted octanol–water partition coefficient (Wildman–Crippen LogP) is 0.763. The molecule has 1 aromatic rings. The van der Waals surface area contributed by atoms with E-state index in [1.54, 1.807) is 0 Å². The molecular formula is C11H2F13LiO5S2. The first-order chi connectivity index (χ1) is 13.3. The molecule has 1 rings (SSSR count). The minimum absolute atomic E-state index is 0. The van der Waals surface area contributed by atoms with Crippen molar-refractivity contribution < 1.29 is 97.3 Å². The molecule has 0 aromatic heterocycles. The zero-order valence-corrected chi connectivity index (χ0v) is 16.1. The maximum Gasteiger partial charge on any atom is 1.00 e. The third-order valence-corrected chi connectivity index (χ3v) is 6.23. The van der Waals surface area contributed by atoms with Crippen LogP contribution in [0.2, 0.25) is 0 Å². The standard InChI is InChI=1S/C11H3F13O5S2.Li/c12-4-2-6(30(25,26)10(21,22)11(23,24)31(27,28)29)5(13)1-3(4)7(14,15)8(16,17)9(18,19)20;/h1-2H,(H,27,28,29);/q;+1/p-1. The molecule has 0 heterocycles. The fraction of sp³-hybridized carbons (Fsp3) is 0.455. The summed E-state index contributed by atoms with van der Waals surface area (Å²) in [4.78, 5) is -3.06. The molecule has 0 aliphatic rings. The third kappa shape index (κ3) is 4.31. The minimum Gasteiger partial charge on any atom is -0.743 e. The van der Waals surface area contributed by atoms with Crippen molar-refractivity contribution in [2.45, 2.75) is 33.4 Å².